The van der Waals surface area contributed by atoms with Crippen LogP contribution in [-0.2, 0) is 27.9 Å². The first kappa shape index (κ1) is 23.1. The van der Waals surface area contributed by atoms with Crippen LogP contribution in [0.4, 0.5) is 4.39 Å². The SMILES string of the molecule is Cc1nn(Cc2ccccc2)c(C)c1CNC(=O)C1CCCN1S(=O)(=O)c1ccc(F)cc1. The number of halogens is 1. The van der Waals surface area contributed by atoms with Gasteiger partial charge in [-0.25, -0.2) is 12.8 Å². The zero-order chi connectivity index (χ0) is 23.6. The van der Waals surface area contributed by atoms with E-state index in [-0.39, 0.29) is 23.9 Å². The first-order chi connectivity index (χ1) is 15.8. The molecular weight excluding hydrogens is 443 g/mol. The minimum Gasteiger partial charge on any atom is -0.350 e. The summed E-state index contributed by atoms with van der Waals surface area (Å²) in [6.45, 7) is 5.02. The van der Waals surface area contributed by atoms with E-state index in [9.17, 15) is 17.6 Å². The summed E-state index contributed by atoms with van der Waals surface area (Å²) in [5.41, 5.74) is 3.83. The smallest absolute Gasteiger partial charge is 0.243 e. The van der Waals surface area contributed by atoms with Crippen LogP contribution in [0.3, 0.4) is 0 Å². The molecule has 0 bridgehead atoms. The molecule has 33 heavy (non-hydrogen) atoms. The van der Waals surface area contributed by atoms with Crippen molar-refractivity contribution in [3.63, 3.8) is 0 Å². The van der Waals surface area contributed by atoms with Gasteiger partial charge in [0.05, 0.1) is 17.1 Å². The Morgan fingerprint density at radius 1 is 1.12 bits per heavy atom. The maximum Gasteiger partial charge on any atom is 0.243 e. The molecule has 1 aromatic heterocycles. The van der Waals surface area contributed by atoms with Crippen LogP contribution in [0.2, 0.25) is 0 Å². The fourth-order valence-corrected chi connectivity index (χ4v) is 5.88. The van der Waals surface area contributed by atoms with Crippen LogP contribution >= 0.6 is 0 Å². The van der Waals surface area contributed by atoms with E-state index in [1.54, 1.807) is 0 Å². The van der Waals surface area contributed by atoms with Gasteiger partial charge in [0, 0.05) is 24.3 Å². The van der Waals surface area contributed by atoms with Crippen LogP contribution < -0.4 is 5.32 Å². The van der Waals surface area contributed by atoms with Gasteiger partial charge in [0.25, 0.3) is 0 Å². The third kappa shape index (κ3) is 4.84. The van der Waals surface area contributed by atoms with E-state index < -0.39 is 21.9 Å². The Morgan fingerprint density at radius 2 is 1.82 bits per heavy atom. The third-order valence-corrected chi connectivity index (χ3v) is 7.99. The number of hydrogen-bond donors (Lipinski definition) is 1. The first-order valence-electron chi connectivity index (χ1n) is 10.9. The highest BCUT2D eigenvalue weighted by Crippen LogP contribution is 2.26. The number of sulfonamides is 1. The van der Waals surface area contributed by atoms with Crippen molar-refractivity contribution in [2.24, 2.45) is 0 Å². The number of benzene rings is 2. The Hall–Kier alpha value is -3.04. The zero-order valence-corrected chi connectivity index (χ0v) is 19.5. The van der Waals surface area contributed by atoms with Gasteiger partial charge in [0.2, 0.25) is 15.9 Å². The van der Waals surface area contributed by atoms with Crippen LogP contribution in [0.15, 0.2) is 59.5 Å². The van der Waals surface area contributed by atoms with E-state index in [0.29, 0.717) is 19.4 Å². The van der Waals surface area contributed by atoms with Gasteiger partial charge in [-0.05, 0) is 56.5 Å². The fraction of sp³-hybridized carbons (Fsp3) is 0.333. The van der Waals surface area contributed by atoms with Crippen LogP contribution in [0.1, 0.15) is 35.4 Å². The molecule has 3 aromatic rings. The predicted molar refractivity (Wildman–Crippen MR) is 122 cm³/mol. The van der Waals surface area contributed by atoms with Gasteiger partial charge in [0.1, 0.15) is 11.9 Å². The number of aromatic nitrogens is 2. The van der Waals surface area contributed by atoms with Crippen LogP contribution in [0, 0.1) is 19.7 Å². The molecule has 2 heterocycles. The number of amides is 1. The molecule has 7 nitrogen and oxygen atoms in total. The topological polar surface area (TPSA) is 84.3 Å². The molecule has 0 saturated carbocycles. The Balaban J connectivity index is 1.46. The molecule has 0 spiro atoms. The molecule has 4 rings (SSSR count). The second-order valence-corrected chi connectivity index (χ2v) is 10.1. The first-order valence-corrected chi connectivity index (χ1v) is 12.3. The lowest BCUT2D eigenvalue weighted by Gasteiger charge is -2.23. The van der Waals surface area contributed by atoms with Gasteiger partial charge < -0.3 is 5.32 Å². The van der Waals surface area contributed by atoms with Crippen molar-refractivity contribution in [2.75, 3.05) is 6.54 Å². The van der Waals surface area contributed by atoms with E-state index in [4.69, 9.17) is 0 Å². The number of carbonyl (C=O) groups excluding carboxylic acids is 1. The number of nitrogens with one attached hydrogen (secondary N) is 1. The molecule has 1 atom stereocenters. The summed E-state index contributed by atoms with van der Waals surface area (Å²) in [7, 11) is -3.89. The summed E-state index contributed by atoms with van der Waals surface area (Å²) in [5.74, 6) is -0.851. The molecular formula is C24H27FN4O3S. The lowest BCUT2D eigenvalue weighted by atomic mass is 10.1. The largest absolute Gasteiger partial charge is 0.350 e. The maximum atomic E-state index is 13.2. The molecule has 0 aliphatic carbocycles. The van der Waals surface area contributed by atoms with Gasteiger partial charge in [-0.2, -0.15) is 9.40 Å². The molecule has 0 radical (unpaired) electrons. The summed E-state index contributed by atoms with van der Waals surface area (Å²) in [5, 5.41) is 7.51. The molecule has 174 valence electrons. The minimum atomic E-state index is -3.89. The summed E-state index contributed by atoms with van der Waals surface area (Å²) >= 11 is 0. The number of aryl methyl sites for hydroxylation is 1. The standard InChI is InChI=1S/C24H27FN4O3S/c1-17-22(18(2)28(27-17)16-19-7-4-3-5-8-19)15-26-24(30)23-9-6-14-29(23)33(31,32)21-12-10-20(25)11-13-21/h3-5,7-8,10-13,23H,6,9,14-16H2,1-2H3,(H,26,30). The highest BCUT2D eigenvalue weighted by molar-refractivity contribution is 7.89. The summed E-state index contributed by atoms with van der Waals surface area (Å²) in [6, 6.07) is 13.9. The normalized spacial score (nSPS) is 16.8. The number of nitrogens with zero attached hydrogens (tertiary/aromatic N) is 3. The second kappa shape index (κ2) is 9.44. The zero-order valence-electron chi connectivity index (χ0n) is 18.7. The fourth-order valence-electron chi connectivity index (χ4n) is 4.23. The molecule has 1 N–H and O–H groups in total. The molecule has 1 fully saturated rings. The van der Waals surface area contributed by atoms with E-state index in [1.807, 2.05) is 48.9 Å². The highest BCUT2D eigenvalue weighted by Gasteiger charge is 2.39. The highest BCUT2D eigenvalue weighted by atomic mass is 32.2. The van der Waals surface area contributed by atoms with Crippen molar-refractivity contribution >= 4 is 15.9 Å². The molecule has 2 aromatic carbocycles. The Labute approximate surface area is 193 Å². The van der Waals surface area contributed by atoms with Crippen molar-refractivity contribution in [1.82, 2.24) is 19.4 Å². The van der Waals surface area contributed by atoms with Crippen LogP contribution in [-0.4, -0.2) is 41.0 Å². The van der Waals surface area contributed by atoms with E-state index in [1.165, 1.54) is 16.4 Å². The molecule has 9 heteroatoms. The van der Waals surface area contributed by atoms with Gasteiger partial charge >= 0.3 is 0 Å². The minimum absolute atomic E-state index is 0.0162. The van der Waals surface area contributed by atoms with Gasteiger partial charge in [-0.15, -0.1) is 0 Å². The van der Waals surface area contributed by atoms with Crippen LogP contribution in [0.5, 0.6) is 0 Å². The third-order valence-electron chi connectivity index (χ3n) is 6.07. The Morgan fingerprint density at radius 3 is 2.52 bits per heavy atom. The van der Waals surface area contributed by atoms with Gasteiger partial charge in [-0.3, -0.25) is 9.48 Å². The average Bonchev–Trinajstić information content (AvgIpc) is 3.39. The summed E-state index contributed by atoms with van der Waals surface area (Å²) < 4.78 is 42.4. The second-order valence-electron chi connectivity index (χ2n) is 8.24. The van der Waals surface area contributed by atoms with Crippen molar-refractivity contribution in [3.8, 4) is 0 Å². The number of hydrogen-bond acceptors (Lipinski definition) is 4. The van der Waals surface area contributed by atoms with Crippen molar-refractivity contribution in [2.45, 2.75) is 50.7 Å². The van der Waals surface area contributed by atoms with Crippen molar-refractivity contribution in [1.29, 1.82) is 0 Å². The van der Waals surface area contributed by atoms with Crippen molar-refractivity contribution < 1.29 is 17.6 Å². The quantitative estimate of drug-likeness (QED) is 0.575. The lowest BCUT2D eigenvalue weighted by Crippen LogP contribution is -2.45. The monoisotopic (exact) mass is 470 g/mol. The van der Waals surface area contributed by atoms with E-state index in [0.717, 1.165) is 34.6 Å². The molecule has 1 saturated heterocycles. The van der Waals surface area contributed by atoms with Gasteiger partial charge in [0.15, 0.2) is 0 Å². The maximum absolute atomic E-state index is 13.2. The summed E-state index contributed by atoms with van der Waals surface area (Å²) in [4.78, 5) is 13.0. The molecule has 1 amide bonds. The van der Waals surface area contributed by atoms with Crippen LogP contribution in [0.25, 0.3) is 0 Å². The summed E-state index contributed by atoms with van der Waals surface area (Å²) in [6.07, 6.45) is 1.03. The molecule has 1 unspecified atom stereocenters. The van der Waals surface area contributed by atoms with E-state index in [2.05, 4.69) is 10.4 Å². The molecule has 1 aliphatic heterocycles. The Bertz CT molecular complexity index is 1240. The lowest BCUT2D eigenvalue weighted by molar-refractivity contribution is -0.124. The van der Waals surface area contributed by atoms with Gasteiger partial charge in [-0.1, -0.05) is 30.3 Å². The average molecular weight is 471 g/mol. The molecule has 1 aliphatic rings. The number of carbonyl (C=O) groups is 1. The van der Waals surface area contributed by atoms with Crippen molar-refractivity contribution in [3.05, 3.63) is 82.9 Å². The predicted octanol–water partition coefficient (Wildman–Crippen LogP) is 3.16. The Kier molecular flexibility index (Phi) is 6.62. The van der Waals surface area contributed by atoms with E-state index >= 15 is 0 Å². The number of rotatable bonds is 7.